The molecule has 0 unspecified atom stereocenters. The summed E-state index contributed by atoms with van der Waals surface area (Å²) in [5, 5.41) is 5.75. The first-order valence-electron chi connectivity index (χ1n) is 10.6. The van der Waals surface area contributed by atoms with Gasteiger partial charge in [-0.2, -0.15) is 0 Å². The molecule has 0 radical (unpaired) electrons. The summed E-state index contributed by atoms with van der Waals surface area (Å²) >= 11 is 0. The molecule has 166 valence electrons. The van der Waals surface area contributed by atoms with Gasteiger partial charge in [0, 0.05) is 31.6 Å². The van der Waals surface area contributed by atoms with E-state index in [4.69, 9.17) is 0 Å². The second-order valence-electron chi connectivity index (χ2n) is 8.50. The number of hydrogen-bond donors (Lipinski definition) is 2. The van der Waals surface area contributed by atoms with Crippen molar-refractivity contribution in [2.75, 3.05) is 13.1 Å². The molecule has 2 N–H and O–H groups in total. The van der Waals surface area contributed by atoms with E-state index in [-0.39, 0.29) is 42.1 Å². The van der Waals surface area contributed by atoms with Crippen LogP contribution in [0.5, 0.6) is 0 Å². The van der Waals surface area contributed by atoms with Crippen molar-refractivity contribution in [1.82, 2.24) is 15.5 Å². The van der Waals surface area contributed by atoms with E-state index in [1.807, 2.05) is 13.8 Å². The van der Waals surface area contributed by atoms with Crippen LogP contribution < -0.4 is 10.6 Å². The highest BCUT2D eigenvalue weighted by molar-refractivity contribution is 5.81. The van der Waals surface area contributed by atoms with Gasteiger partial charge >= 0.3 is 6.03 Å². The van der Waals surface area contributed by atoms with E-state index in [1.165, 1.54) is 18.2 Å². The van der Waals surface area contributed by atoms with Gasteiger partial charge < -0.3 is 15.5 Å². The molecule has 3 amide bonds. The Morgan fingerprint density at radius 1 is 1.13 bits per heavy atom. The Bertz CT molecular complexity index is 948. The Morgan fingerprint density at radius 2 is 1.90 bits per heavy atom. The quantitative estimate of drug-likeness (QED) is 0.751. The minimum Gasteiger partial charge on any atom is -0.352 e. The van der Waals surface area contributed by atoms with Crippen LogP contribution in [0.2, 0.25) is 0 Å². The third-order valence-electron chi connectivity index (χ3n) is 5.53. The molecule has 1 heterocycles. The lowest BCUT2D eigenvalue weighted by molar-refractivity contribution is -0.126. The summed E-state index contributed by atoms with van der Waals surface area (Å²) in [6, 6.07) is 10.8. The number of urea groups is 1. The molecule has 1 aliphatic rings. The van der Waals surface area contributed by atoms with Crippen molar-refractivity contribution < 1.29 is 18.4 Å². The molecule has 7 heteroatoms. The third kappa shape index (κ3) is 6.03. The number of nitrogens with zero attached hydrogens (tertiary/aromatic N) is 1. The average molecular weight is 430 g/mol. The third-order valence-corrected chi connectivity index (χ3v) is 5.53. The zero-order valence-corrected chi connectivity index (χ0v) is 18.1. The van der Waals surface area contributed by atoms with Crippen molar-refractivity contribution >= 4 is 11.9 Å². The van der Waals surface area contributed by atoms with Gasteiger partial charge in [-0.3, -0.25) is 4.79 Å². The van der Waals surface area contributed by atoms with Crippen LogP contribution in [-0.2, 0) is 11.3 Å². The van der Waals surface area contributed by atoms with E-state index in [2.05, 4.69) is 10.6 Å². The predicted octanol–water partition coefficient (Wildman–Crippen LogP) is 4.11. The lowest BCUT2D eigenvalue weighted by Gasteiger charge is -2.38. The van der Waals surface area contributed by atoms with Gasteiger partial charge in [-0.25, -0.2) is 13.6 Å². The first-order chi connectivity index (χ1) is 14.7. The first-order valence-corrected chi connectivity index (χ1v) is 10.6. The predicted molar refractivity (Wildman–Crippen MR) is 115 cm³/mol. The van der Waals surface area contributed by atoms with Crippen LogP contribution in [0.4, 0.5) is 13.6 Å². The minimum absolute atomic E-state index is 0.0267. The fourth-order valence-electron chi connectivity index (χ4n) is 3.94. The summed E-state index contributed by atoms with van der Waals surface area (Å²) in [5.41, 5.74) is 2.11. The van der Waals surface area contributed by atoms with Crippen LogP contribution in [0.1, 0.15) is 42.9 Å². The van der Waals surface area contributed by atoms with Crippen molar-refractivity contribution in [1.29, 1.82) is 0 Å². The number of nitrogens with one attached hydrogen (secondary N) is 2. The Balaban J connectivity index is 1.76. The van der Waals surface area contributed by atoms with Crippen molar-refractivity contribution in [2.45, 2.75) is 45.7 Å². The van der Waals surface area contributed by atoms with Crippen molar-refractivity contribution in [3.05, 3.63) is 70.8 Å². The number of carbonyl (C=O) groups excluding carboxylic acids is 2. The van der Waals surface area contributed by atoms with Gasteiger partial charge in [0.15, 0.2) is 0 Å². The van der Waals surface area contributed by atoms with E-state index in [0.29, 0.717) is 30.6 Å². The summed E-state index contributed by atoms with van der Waals surface area (Å²) in [7, 11) is 0. The van der Waals surface area contributed by atoms with Crippen LogP contribution >= 0.6 is 0 Å². The molecule has 3 rings (SSSR count). The standard InChI is InChI=1S/C24H29F2N3O2/c1-15(2)28-24(31)29-13-19(18-7-8-22(26)16(3)9-18)11-20(14-29)23(30)27-12-17-5-4-6-21(25)10-17/h4-10,15,19-20H,11-14H2,1-3H3,(H,27,30)(H,28,31)/t19-,20+/m0/s1. The molecule has 1 fully saturated rings. The maximum atomic E-state index is 13.7. The van der Waals surface area contributed by atoms with Gasteiger partial charge in [0.25, 0.3) is 0 Å². The van der Waals surface area contributed by atoms with Crippen LogP contribution in [0, 0.1) is 24.5 Å². The van der Waals surface area contributed by atoms with Crippen molar-refractivity contribution in [2.24, 2.45) is 5.92 Å². The summed E-state index contributed by atoms with van der Waals surface area (Å²) in [6.07, 6.45) is 0.547. The zero-order chi connectivity index (χ0) is 22.5. The zero-order valence-electron chi connectivity index (χ0n) is 18.1. The number of hydrogen-bond acceptors (Lipinski definition) is 2. The number of amides is 3. The molecule has 0 aliphatic carbocycles. The molecular formula is C24H29F2N3O2. The van der Waals surface area contributed by atoms with E-state index in [0.717, 1.165) is 5.56 Å². The lowest BCUT2D eigenvalue weighted by Crippen LogP contribution is -2.52. The lowest BCUT2D eigenvalue weighted by atomic mass is 9.83. The molecule has 5 nitrogen and oxygen atoms in total. The van der Waals surface area contributed by atoms with Crippen LogP contribution in [-0.4, -0.2) is 36.0 Å². The number of rotatable bonds is 5. The molecule has 2 atom stereocenters. The number of aryl methyl sites for hydroxylation is 1. The Kier molecular flexibility index (Phi) is 7.25. The minimum atomic E-state index is -0.421. The molecule has 1 aliphatic heterocycles. The number of carbonyl (C=O) groups is 2. The molecule has 31 heavy (non-hydrogen) atoms. The highest BCUT2D eigenvalue weighted by Crippen LogP contribution is 2.31. The van der Waals surface area contributed by atoms with Gasteiger partial charge in [0.2, 0.25) is 5.91 Å². The molecule has 0 spiro atoms. The number of benzene rings is 2. The summed E-state index contributed by atoms with van der Waals surface area (Å²) in [5.74, 6) is -1.33. The van der Waals surface area contributed by atoms with Crippen molar-refractivity contribution in [3.63, 3.8) is 0 Å². The average Bonchev–Trinajstić information content (AvgIpc) is 2.73. The summed E-state index contributed by atoms with van der Waals surface area (Å²) < 4.78 is 27.1. The smallest absolute Gasteiger partial charge is 0.317 e. The number of likely N-dealkylation sites (tertiary alicyclic amines) is 1. The Morgan fingerprint density at radius 3 is 2.58 bits per heavy atom. The monoisotopic (exact) mass is 429 g/mol. The highest BCUT2D eigenvalue weighted by atomic mass is 19.1. The van der Waals surface area contributed by atoms with Crippen LogP contribution in [0.25, 0.3) is 0 Å². The summed E-state index contributed by atoms with van der Waals surface area (Å²) in [6.45, 7) is 6.43. The van der Waals surface area contributed by atoms with E-state index in [1.54, 1.807) is 36.1 Å². The number of halogens is 2. The second kappa shape index (κ2) is 9.90. The molecular weight excluding hydrogens is 400 g/mol. The fourth-order valence-corrected chi connectivity index (χ4v) is 3.94. The molecule has 1 saturated heterocycles. The SMILES string of the molecule is Cc1cc([C@H]2C[C@@H](C(=O)NCc3cccc(F)c3)CN(C(=O)NC(C)C)C2)ccc1F. The van der Waals surface area contributed by atoms with Gasteiger partial charge in [-0.1, -0.05) is 24.3 Å². The Labute approximate surface area is 181 Å². The summed E-state index contributed by atoms with van der Waals surface area (Å²) in [4.78, 5) is 27.2. The van der Waals surface area contributed by atoms with Gasteiger partial charge in [-0.05, 0) is 62.1 Å². The normalized spacial score (nSPS) is 18.7. The highest BCUT2D eigenvalue weighted by Gasteiger charge is 2.34. The number of piperidine rings is 1. The second-order valence-corrected chi connectivity index (χ2v) is 8.50. The van der Waals surface area contributed by atoms with Crippen LogP contribution in [0.15, 0.2) is 42.5 Å². The molecule has 2 aromatic rings. The van der Waals surface area contributed by atoms with E-state index in [9.17, 15) is 18.4 Å². The Hall–Kier alpha value is -2.96. The largest absolute Gasteiger partial charge is 0.352 e. The van der Waals surface area contributed by atoms with Crippen molar-refractivity contribution in [3.8, 4) is 0 Å². The topological polar surface area (TPSA) is 61.4 Å². The first kappa shape index (κ1) is 22.7. The fraction of sp³-hybridized carbons (Fsp3) is 0.417. The van der Waals surface area contributed by atoms with E-state index >= 15 is 0 Å². The van der Waals surface area contributed by atoms with Gasteiger partial charge in [0.05, 0.1) is 5.92 Å². The maximum Gasteiger partial charge on any atom is 0.317 e. The molecule has 0 saturated carbocycles. The van der Waals surface area contributed by atoms with Gasteiger partial charge in [0.1, 0.15) is 11.6 Å². The molecule has 2 aromatic carbocycles. The van der Waals surface area contributed by atoms with Gasteiger partial charge in [-0.15, -0.1) is 0 Å². The van der Waals surface area contributed by atoms with E-state index < -0.39 is 5.92 Å². The van der Waals surface area contributed by atoms with Crippen LogP contribution in [0.3, 0.4) is 0 Å². The molecule has 0 bridgehead atoms. The molecule has 0 aromatic heterocycles. The maximum absolute atomic E-state index is 13.7.